The number of nitrogen functional groups attached to an aromatic ring is 1. The van der Waals surface area contributed by atoms with E-state index in [1.165, 1.54) is 26.1 Å². The molecule has 0 atom stereocenters. The average molecular weight is 278 g/mol. The van der Waals surface area contributed by atoms with E-state index in [4.69, 9.17) is 10.5 Å². The summed E-state index contributed by atoms with van der Waals surface area (Å²) in [5.41, 5.74) is 6.41. The second-order valence-electron chi connectivity index (χ2n) is 5.28. The van der Waals surface area contributed by atoms with Crippen LogP contribution in [0.4, 0.5) is 11.5 Å². The molecular weight excluding hydrogens is 256 g/mol. The van der Waals surface area contributed by atoms with E-state index >= 15 is 0 Å². The van der Waals surface area contributed by atoms with E-state index in [9.17, 15) is 4.79 Å². The number of nitrogens with one attached hydrogen (secondary N) is 1. The van der Waals surface area contributed by atoms with Gasteiger partial charge in [0.15, 0.2) is 0 Å². The average Bonchev–Trinajstić information content (AvgIpc) is 2.47. The van der Waals surface area contributed by atoms with Crippen LogP contribution >= 0.6 is 0 Å². The van der Waals surface area contributed by atoms with E-state index in [1.807, 2.05) is 0 Å². The van der Waals surface area contributed by atoms with Crippen LogP contribution in [0.25, 0.3) is 0 Å². The van der Waals surface area contributed by atoms with E-state index in [-0.39, 0.29) is 0 Å². The molecule has 2 rings (SSSR count). The summed E-state index contributed by atoms with van der Waals surface area (Å²) >= 11 is 0. The lowest BCUT2D eigenvalue weighted by atomic mass is 9.97. The Bertz CT molecular complexity index is 470. The maximum Gasteiger partial charge on any atom is 0.340 e. The van der Waals surface area contributed by atoms with Crippen LogP contribution in [0.3, 0.4) is 0 Å². The van der Waals surface area contributed by atoms with Gasteiger partial charge in [0.05, 0.1) is 24.6 Å². The normalized spacial score (nSPS) is 16.9. The standard InChI is InChI=1S/C14H22N4O2/c1-18-5-3-10(4-6-18)8-16-13-7-11(14(19)20-2)12(15)9-17-13/h7,9-10H,3-6,8,15H2,1-2H3,(H,16,17). The highest BCUT2D eigenvalue weighted by Crippen LogP contribution is 2.19. The van der Waals surface area contributed by atoms with Crippen molar-refractivity contribution in [3.63, 3.8) is 0 Å². The predicted molar refractivity (Wildman–Crippen MR) is 78.7 cm³/mol. The highest BCUT2D eigenvalue weighted by atomic mass is 16.5. The minimum Gasteiger partial charge on any atom is -0.465 e. The third kappa shape index (κ3) is 3.60. The summed E-state index contributed by atoms with van der Waals surface area (Å²) in [6, 6.07) is 1.65. The second-order valence-corrected chi connectivity index (χ2v) is 5.28. The number of aromatic nitrogens is 1. The molecule has 2 heterocycles. The summed E-state index contributed by atoms with van der Waals surface area (Å²) in [6.45, 7) is 3.13. The number of nitrogens with two attached hydrogens (primary N) is 1. The molecule has 1 aliphatic rings. The van der Waals surface area contributed by atoms with E-state index < -0.39 is 5.97 Å². The molecule has 6 nitrogen and oxygen atoms in total. The lowest BCUT2D eigenvalue weighted by Crippen LogP contribution is -2.33. The van der Waals surface area contributed by atoms with Gasteiger partial charge in [0.25, 0.3) is 0 Å². The number of nitrogens with zero attached hydrogens (tertiary/aromatic N) is 2. The lowest BCUT2D eigenvalue weighted by Gasteiger charge is -2.29. The van der Waals surface area contributed by atoms with Crippen LogP contribution in [0.2, 0.25) is 0 Å². The minimum atomic E-state index is -0.438. The smallest absolute Gasteiger partial charge is 0.340 e. The Labute approximate surface area is 119 Å². The molecule has 6 heteroatoms. The zero-order valence-electron chi connectivity index (χ0n) is 12.1. The first kappa shape index (κ1) is 14.6. The number of ether oxygens (including phenoxy) is 1. The second kappa shape index (κ2) is 6.56. The van der Waals surface area contributed by atoms with Crippen LogP contribution in [0.5, 0.6) is 0 Å². The van der Waals surface area contributed by atoms with Gasteiger partial charge in [-0.15, -0.1) is 0 Å². The number of carbonyl (C=O) groups excluding carboxylic acids is 1. The fourth-order valence-corrected chi connectivity index (χ4v) is 2.36. The Morgan fingerprint density at radius 1 is 1.55 bits per heavy atom. The Balaban J connectivity index is 1.94. The van der Waals surface area contributed by atoms with Gasteiger partial charge in [-0.2, -0.15) is 0 Å². The van der Waals surface area contributed by atoms with Crippen molar-refractivity contribution in [3.8, 4) is 0 Å². The van der Waals surface area contributed by atoms with Crippen LogP contribution in [-0.2, 0) is 4.74 Å². The van der Waals surface area contributed by atoms with Crippen LogP contribution in [0.1, 0.15) is 23.2 Å². The Hall–Kier alpha value is -1.82. The van der Waals surface area contributed by atoms with Crippen LogP contribution < -0.4 is 11.1 Å². The topological polar surface area (TPSA) is 80.5 Å². The van der Waals surface area contributed by atoms with Crippen LogP contribution in [0, 0.1) is 5.92 Å². The molecule has 1 aliphatic heterocycles. The molecule has 0 bridgehead atoms. The summed E-state index contributed by atoms with van der Waals surface area (Å²) < 4.78 is 4.70. The molecule has 0 saturated carbocycles. The largest absolute Gasteiger partial charge is 0.465 e. The summed E-state index contributed by atoms with van der Waals surface area (Å²) in [6.07, 6.45) is 3.86. The molecule has 1 saturated heterocycles. The third-order valence-electron chi connectivity index (χ3n) is 3.75. The number of hydrogen-bond donors (Lipinski definition) is 2. The number of methoxy groups -OCH3 is 1. The Morgan fingerprint density at radius 3 is 2.90 bits per heavy atom. The minimum absolute atomic E-state index is 0.335. The van der Waals surface area contributed by atoms with Crippen molar-refractivity contribution in [3.05, 3.63) is 17.8 Å². The summed E-state index contributed by atoms with van der Waals surface area (Å²) in [7, 11) is 3.49. The molecule has 1 fully saturated rings. The van der Waals surface area contributed by atoms with Gasteiger partial charge in [-0.1, -0.05) is 0 Å². The van der Waals surface area contributed by atoms with E-state index in [1.54, 1.807) is 6.07 Å². The molecule has 20 heavy (non-hydrogen) atoms. The first-order valence-corrected chi connectivity index (χ1v) is 6.86. The van der Waals surface area contributed by atoms with Crippen molar-refractivity contribution >= 4 is 17.5 Å². The highest BCUT2D eigenvalue weighted by Gasteiger charge is 2.17. The molecule has 1 aromatic rings. The predicted octanol–water partition coefficient (Wildman–Crippen LogP) is 1.20. The molecule has 0 amide bonds. The number of anilines is 2. The van der Waals surface area contributed by atoms with E-state index in [0.717, 1.165) is 19.6 Å². The fraction of sp³-hybridized carbons (Fsp3) is 0.571. The quantitative estimate of drug-likeness (QED) is 0.806. The first-order valence-electron chi connectivity index (χ1n) is 6.86. The van der Waals surface area contributed by atoms with Crippen molar-refractivity contribution in [1.29, 1.82) is 0 Å². The van der Waals surface area contributed by atoms with Crippen molar-refractivity contribution in [2.45, 2.75) is 12.8 Å². The number of hydrogen-bond acceptors (Lipinski definition) is 6. The zero-order valence-corrected chi connectivity index (χ0v) is 12.1. The number of likely N-dealkylation sites (tertiary alicyclic amines) is 1. The van der Waals surface area contributed by atoms with Gasteiger partial charge in [-0.3, -0.25) is 0 Å². The molecule has 0 unspecified atom stereocenters. The van der Waals surface area contributed by atoms with Gasteiger partial charge in [0, 0.05) is 6.54 Å². The van der Waals surface area contributed by atoms with Crippen molar-refractivity contribution in [1.82, 2.24) is 9.88 Å². The summed E-state index contributed by atoms with van der Waals surface area (Å²) in [5, 5.41) is 3.28. The molecule has 0 aromatic carbocycles. The van der Waals surface area contributed by atoms with E-state index in [2.05, 4.69) is 22.2 Å². The maximum absolute atomic E-state index is 11.6. The molecule has 0 radical (unpaired) electrons. The number of esters is 1. The van der Waals surface area contributed by atoms with Gasteiger partial charge in [0.2, 0.25) is 0 Å². The van der Waals surface area contributed by atoms with Crippen molar-refractivity contribution < 1.29 is 9.53 Å². The SMILES string of the molecule is COC(=O)c1cc(NCC2CCN(C)CC2)ncc1N. The summed E-state index contributed by atoms with van der Waals surface area (Å²) in [5.74, 6) is 0.873. The van der Waals surface area contributed by atoms with Crippen LogP contribution in [0.15, 0.2) is 12.3 Å². The highest BCUT2D eigenvalue weighted by molar-refractivity contribution is 5.95. The molecule has 0 spiro atoms. The number of rotatable bonds is 4. The fourth-order valence-electron chi connectivity index (χ4n) is 2.36. The molecule has 0 aliphatic carbocycles. The Kier molecular flexibility index (Phi) is 4.79. The van der Waals surface area contributed by atoms with Gasteiger partial charge in [-0.25, -0.2) is 9.78 Å². The lowest BCUT2D eigenvalue weighted by molar-refractivity contribution is 0.0602. The molecule has 1 aromatic heterocycles. The number of piperidine rings is 1. The van der Waals surface area contributed by atoms with Crippen LogP contribution in [-0.4, -0.2) is 49.6 Å². The van der Waals surface area contributed by atoms with Gasteiger partial charge < -0.3 is 20.7 Å². The summed E-state index contributed by atoms with van der Waals surface area (Å²) in [4.78, 5) is 18.1. The van der Waals surface area contributed by atoms with Gasteiger partial charge in [0.1, 0.15) is 5.82 Å². The zero-order chi connectivity index (χ0) is 14.5. The maximum atomic E-state index is 11.6. The van der Waals surface area contributed by atoms with E-state index in [0.29, 0.717) is 23.0 Å². The van der Waals surface area contributed by atoms with Gasteiger partial charge in [-0.05, 0) is 45.0 Å². The Morgan fingerprint density at radius 2 is 2.25 bits per heavy atom. The number of pyridine rings is 1. The van der Waals surface area contributed by atoms with Crippen molar-refractivity contribution in [2.75, 3.05) is 44.8 Å². The number of carbonyl (C=O) groups is 1. The molecule has 3 N–H and O–H groups in total. The molecule has 110 valence electrons. The monoisotopic (exact) mass is 278 g/mol. The first-order chi connectivity index (χ1) is 9.60. The van der Waals surface area contributed by atoms with Gasteiger partial charge >= 0.3 is 5.97 Å². The van der Waals surface area contributed by atoms with Crippen molar-refractivity contribution in [2.24, 2.45) is 5.92 Å². The third-order valence-corrected chi connectivity index (χ3v) is 3.75. The molecular formula is C14H22N4O2.